The SMILES string of the molecule is CC(Oc1ccc(F)cc1)C(=O)N1CCC[C@@H]1C(=O)O. The second kappa shape index (κ2) is 5.90. The van der Waals surface area contributed by atoms with Crippen LogP contribution >= 0.6 is 0 Å². The molecule has 1 heterocycles. The molecule has 1 aliphatic rings. The lowest BCUT2D eigenvalue weighted by atomic mass is 10.2. The van der Waals surface area contributed by atoms with Crippen LogP contribution in [-0.4, -0.2) is 40.6 Å². The van der Waals surface area contributed by atoms with Gasteiger partial charge in [0, 0.05) is 6.54 Å². The van der Waals surface area contributed by atoms with E-state index in [4.69, 9.17) is 9.84 Å². The van der Waals surface area contributed by atoms with Gasteiger partial charge >= 0.3 is 5.97 Å². The van der Waals surface area contributed by atoms with Gasteiger partial charge < -0.3 is 14.7 Å². The van der Waals surface area contributed by atoms with Crippen molar-refractivity contribution in [3.63, 3.8) is 0 Å². The highest BCUT2D eigenvalue weighted by atomic mass is 19.1. The molecule has 0 aromatic heterocycles. The number of hydrogen-bond acceptors (Lipinski definition) is 3. The number of rotatable bonds is 4. The van der Waals surface area contributed by atoms with Crippen LogP contribution in [0.1, 0.15) is 19.8 Å². The van der Waals surface area contributed by atoms with Crippen LogP contribution in [0.2, 0.25) is 0 Å². The Balaban J connectivity index is 2.01. The lowest BCUT2D eigenvalue weighted by molar-refractivity contribution is -0.150. The van der Waals surface area contributed by atoms with Gasteiger partial charge in [0.25, 0.3) is 5.91 Å². The number of carbonyl (C=O) groups excluding carboxylic acids is 1. The second-order valence-corrected chi connectivity index (χ2v) is 4.74. The van der Waals surface area contributed by atoms with Crippen molar-refractivity contribution in [2.45, 2.75) is 31.9 Å². The number of carboxylic acids is 1. The number of aliphatic carboxylic acids is 1. The third kappa shape index (κ3) is 3.07. The third-order valence-corrected chi connectivity index (χ3v) is 3.30. The first-order valence-electron chi connectivity index (χ1n) is 6.44. The smallest absolute Gasteiger partial charge is 0.326 e. The number of amides is 1. The van der Waals surface area contributed by atoms with E-state index in [0.29, 0.717) is 25.1 Å². The van der Waals surface area contributed by atoms with Gasteiger partial charge in [0.15, 0.2) is 6.10 Å². The molecule has 6 heteroatoms. The molecular weight excluding hydrogens is 265 g/mol. The van der Waals surface area contributed by atoms with Crippen LogP contribution in [-0.2, 0) is 9.59 Å². The molecule has 1 fully saturated rings. The fraction of sp³-hybridized carbons (Fsp3) is 0.429. The number of likely N-dealkylation sites (tertiary alicyclic amines) is 1. The molecule has 1 saturated heterocycles. The Hall–Kier alpha value is -2.11. The van der Waals surface area contributed by atoms with Crippen molar-refractivity contribution in [3.8, 4) is 5.75 Å². The minimum Gasteiger partial charge on any atom is -0.481 e. The molecule has 108 valence electrons. The molecule has 0 radical (unpaired) electrons. The zero-order valence-electron chi connectivity index (χ0n) is 11.1. The molecule has 2 rings (SSSR count). The van der Waals surface area contributed by atoms with Crippen LogP contribution < -0.4 is 4.74 Å². The summed E-state index contributed by atoms with van der Waals surface area (Å²) in [7, 11) is 0. The first-order chi connectivity index (χ1) is 9.49. The summed E-state index contributed by atoms with van der Waals surface area (Å²) >= 11 is 0. The fourth-order valence-electron chi connectivity index (χ4n) is 2.29. The van der Waals surface area contributed by atoms with Crippen LogP contribution in [0, 0.1) is 5.82 Å². The van der Waals surface area contributed by atoms with Gasteiger partial charge in [-0.05, 0) is 44.0 Å². The minimum atomic E-state index is -0.996. The van der Waals surface area contributed by atoms with Crippen LogP contribution in [0.5, 0.6) is 5.75 Å². The van der Waals surface area contributed by atoms with Crippen molar-refractivity contribution in [2.24, 2.45) is 0 Å². The summed E-state index contributed by atoms with van der Waals surface area (Å²) in [6.45, 7) is 1.98. The lowest BCUT2D eigenvalue weighted by Gasteiger charge is -2.25. The summed E-state index contributed by atoms with van der Waals surface area (Å²) in [6.07, 6.45) is 0.330. The highest BCUT2D eigenvalue weighted by Gasteiger charge is 2.36. The Morgan fingerprint density at radius 3 is 2.65 bits per heavy atom. The molecule has 1 aliphatic heterocycles. The van der Waals surface area contributed by atoms with Crippen LogP contribution in [0.4, 0.5) is 4.39 Å². The molecule has 5 nitrogen and oxygen atoms in total. The van der Waals surface area contributed by atoms with Gasteiger partial charge in [0.2, 0.25) is 0 Å². The third-order valence-electron chi connectivity index (χ3n) is 3.30. The van der Waals surface area contributed by atoms with E-state index in [1.165, 1.54) is 29.2 Å². The van der Waals surface area contributed by atoms with Gasteiger partial charge in [0.05, 0.1) is 0 Å². The Kier molecular flexibility index (Phi) is 4.22. The standard InChI is InChI=1S/C14H16FNO4/c1-9(20-11-6-4-10(15)5-7-11)13(17)16-8-2-3-12(16)14(18)19/h4-7,9,12H,2-3,8H2,1H3,(H,18,19)/t9?,12-/m1/s1. The Bertz CT molecular complexity index is 502. The van der Waals surface area contributed by atoms with E-state index in [1.54, 1.807) is 6.92 Å². The zero-order chi connectivity index (χ0) is 14.7. The maximum atomic E-state index is 12.8. The first kappa shape index (κ1) is 14.3. The molecule has 1 aromatic carbocycles. The molecule has 1 N–H and O–H groups in total. The summed E-state index contributed by atoms with van der Waals surface area (Å²) in [5, 5.41) is 9.06. The van der Waals surface area contributed by atoms with Gasteiger partial charge in [-0.15, -0.1) is 0 Å². The van der Waals surface area contributed by atoms with Crippen molar-refractivity contribution < 1.29 is 23.8 Å². The lowest BCUT2D eigenvalue weighted by Crippen LogP contribution is -2.46. The van der Waals surface area contributed by atoms with E-state index in [9.17, 15) is 14.0 Å². The molecule has 2 atom stereocenters. The zero-order valence-corrected chi connectivity index (χ0v) is 11.1. The van der Waals surface area contributed by atoms with Gasteiger partial charge in [-0.2, -0.15) is 0 Å². The molecule has 1 unspecified atom stereocenters. The number of carboxylic acid groups (broad SMARTS) is 1. The fourth-order valence-corrected chi connectivity index (χ4v) is 2.29. The average molecular weight is 281 g/mol. The Morgan fingerprint density at radius 2 is 2.05 bits per heavy atom. The molecule has 0 aliphatic carbocycles. The number of carbonyl (C=O) groups is 2. The quantitative estimate of drug-likeness (QED) is 0.911. The van der Waals surface area contributed by atoms with E-state index >= 15 is 0 Å². The van der Waals surface area contributed by atoms with E-state index in [-0.39, 0.29) is 11.7 Å². The minimum absolute atomic E-state index is 0.362. The van der Waals surface area contributed by atoms with Crippen LogP contribution in [0.25, 0.3) is 0 Å². The van der Waals surface area contributed by atoms with Crippen molar-refractivity contribution in [3.05, 3.63) is 30.1 Å². The molecule has 0 bridgehead atoms. The average Bonchev–Trinajstić information content (AvgIpc) is 2.90. The Labute approximate surface area is 116 Å². The van der Waals surface area contributed by atoms with Crippen LogP contribution in [0.3, 0.4) is 0 Å². The second-order valence-electron chi connectivity index (χ2n) is 4.74. The molecule has 0 saturated carbocycles. The summed E-state index contributed by atoms with van der Waals surface area (Å²) in [5.41, 5.74) is 0. The van der Waals surface area contributed by atoms with Crippen molar-refractivity contribution in [1.29, 1.82) is 0 Å². The van der Waals surface area contributed by atoms with Gasteiger partial charge in [0.1, 0.15) is 17.6 Å². The van der Waals surface area contributed by atoms with Gasteiger partial charge in [-0.1, -0.05) is 0 Å². The summed E-state index contributed by atoms with van der Waals surface area (Å²) in [6, 6.07) is 4.56. The van der Waals surface area contributed by atoms with Gasteiger partial charge in [-0.25, -0.2) is 9.18 Å². The summed E-state index contributed by atoms with van der Waals surface area (Å²) in [5.74, 6) is -1.37. The largest absolute Gasteiger partial charge is 0.481 e. The molecule has 1 aromatic rings. The number of ether oxygens (including phenoxy) is 1. The summed E-state index contributed by atoms with van der Waals surface area (Å²) in [4.78, 5) is 24.6. The normalized spacial score (nSPS) is 19.7. The van der Waals surface area contributed by atoms with Gasteiger partial charge in [-0.3, -0.25) is 4.79 Å². The van der Waals surface area contributed by atoms with E-state index in [0.717, 1.165) is 0 Å². The maximum absolute atomic E-state index is 12.8. The predicted octanol–water partition coefficient (Wildman–Crippen LogP) is 1.67. The topological polar surface area (TPSA) is 66.8 Å². The number of benzene rings is 1. The molecular formula is C14H16FNO4. The van der Waals surface area contributed by atoms with E-state index in [1.807, 2.05) is 0 Å². The first-order valence-corrected chi connectivity index (χ1v) is 6.44. The highest BCUT2D eigenvalue weighted by Crippen LogP contribution is 2.20. The van der Waals surface area contributed by atoms with E-state index < -0.39 is 18.1 Å². The molecule has 0 spiro atoms. The monoisotopic (exact) mass is 281 g/mol. The summed E-state index contributed by atoms with van der Waals surface area (Å²) < 4.78 is 18.2. The Morgan fingerprint density at radius 1 is 1.40 bits per heavy atom. The number of halogens is 1. The van der Waals surface area contributed by atoms with Crippen molar-refractivity contribution in [2.75, 3.05) is 6.54 Å². The number of nitrogens with zero attached hydrogens (tertiary/aromatic N) is 1. The highest BCUT2D eigenvalue weighted by molar-refractivity contribution is 5.86. The molecule has 1 amide bonds. The molecule has 20 heavy (non-hydrogen) atoms. The van der Waals surface area contributed by atoms with Crippen LogP contribution in [0.15, 0.2) is 24.3 Å². The van der Waals surface area contributed by atoms with Crippen molar-refractivity contribution >= 4 is 11.9 Å². The predicted molar refractivity (Wildman–Crippen MR) is 68.9 cm³/mol. The maximum Gasteiger partial charge on any atom is 0.326 e. The van der Waals surface area contributed by atoms with Crippen molar-refractivity contribution in [1.82, 2.24) is 4.90 Å². The van der Waals surface area contributed by atoms with E-state index in [2.05, 4.69) is 0 Å². The number of hydrogen-bond donors (Lipinski definition) is 1.